The molecule has 31 heavy (non-hydrogen) atoms. The molecule has 8 heteroatoms. The van der Waals surface area contributed by atoms with E-state index in [4.69, 9.17) is 11.0 Å². The highest BCUT2D eigenvalue weighted by molar-refractivity contribution is 5.78. The number of aliphatic hydroxyl groups excluding tert-OH is 1. The maximum Gasteiger partial charge on any atom is 0.246 e. The summed E-state index contributed by atoms with van der Waals surface area (Å²) in [5.74, 6) is -0.664. The number of hydrogen-bond donors (Lipinski definition) is 3. The molecule has 1 aliphatic heterocycles. The van der Waals surface area contributed by atoms with Crippen molar-refractivity contribution in [3.05, 3.63) is 53.6 Å². The van der Waals surface area contributed by atoms with Gasteiger partial charge in [-0.05, 0) is 36.0 Å². The summed E-state index contributed by atoms with van der Waals surface area (Å²) in [6.07, 6.45) is 3.69. The van der Waals surface area contributed by atoms with Crippen LogP contribution >= 0.6 is 0 Å². The molecule has 8 nitrogen and oxygen atoms in total. The van der Waals surface area contributed by atoms with Crippen LogP contribution < -0.4 is 5.73 Å². The molecule has 4 N–H and O–H groups in total. The highest BCUT2D eigenvalue weighted by Gasteiger charge is 2.31. The van der Waals surface area contributed by atoms with E-state index in [0.717, 1.165) is 44.8 Å². The molecule has 1 saturated heterocycles. The number of nitriles is 1. The van der Waals surface area contributed by atoms with Crippen LogP contribution in [0.5, 0.6) is 0 Å². The zero-order valence-electron chi connectivity index (χ0n) is 18.3. The van der Waals surface area contributed by atoms with Crippen LogP contribution in [0.15, 0.2) is 36.8 Å². The first kappa shape index (κ1) is 22.9. The van der Waals surface area contributed by atoms with Gasteiger partial charge in [0.05, 0.1) is 29.7 Å². The second kappa shape index (κ2) is 10.1. The Balaban J connectivity index is 1.61. The normalized spacial score (nSPS) is 17.7. The van der Waals surface area contributed by atoms with Gasteiger partial charge in [-0.25, -0.2) is 4.98 Å². The summed E-state index contributed by atoms with van der Waals surface area (Å²) >= 11 is 0. The Hall–Kier alpha value is -2.73. The summed E-state index contributed by atoms with van der Waals surface area (Å²) in [6.45, 7) is 8.56. The Morgan fingerprint density at radius 3 is 2.52 bits per heavy atom. The minimum absolute atomic E-state index is 0.183. The summed E-state index contributed by atoms with van der Waals surface area (Å²) < 4.78 is 0. The molecule has 1 aliphatic rings. The van der Waals surface area contributed by atoms with Crippen molar-refractivity contribution < 1.29 is 9.90 Å². The van der Waals surface area contributed by atoms with Gasteiger partial charge in [0.2, 0.25) is 5.91 Å². The first-order valence-corrected chi connectivity index (χ1v) is 10.7. The molecule has 1 aromatic carbocycles. The molecule has 0 saturated carbocycles. The monoisotopic (exact) mass is 424 g/mol. The Morgan fingerprint density at radius 2 is 1.97 bits per heavy atom. The van der Waals surface area contributed by atoms with Gasteiger partial charge in [0.1, 0.15) is 6.10 Å². The topological polar surface area (TPSA) is 122 Å². The summed E-state index contributed by atoms with van der Waals surface area (Å²) in [5, 5.41) is 18.9. The predicted octanol–water partition coefficient (Wildman–Crippen LogP) is 1.45. The summed E-state index contributed by atoms with van der Waals surface area (Å²) in [7, 11) is 0. The average molecular weight is 425 g/mol. The lowest BCUT2D eigenvalue weighted by atomic mass is 9.85. The van der Waals surface area contributed by atoms with Crippen molar-refractivity contribution in [1.82, 2.24) is 19.8 Å². The fraction of sp³-hybridized carbons (Fsp3) is 0.522. The average Bonchev–Trinajstić information content (AvgIpc) is 3.27. The Morgan fingerprint density at radius 1 is 1.29 bits per heavy atom. The SMILES string of the molecule is CC(C)(CC(O)C(N)=O)CN1CCN(C(Cc2ccc(C#N)cc2)c2cnc[nH]2)CC1. The van der Waals surface area contributed by atoms with E-state index in [0.29, 0.717) is 12.0 Å². The first-order chi connectivity index (χ1) is 14.8. The molecular weight excluding hydrogens is 392 g/mol. The maximum absolute atomic E-state index is 11.2. The van der Waals surface area contributed by atoms with Gasteiger partial charge in [0, 0.05) is 38.9 Å². The highest BCUT2D eigenvalue weighted by atomic mass is 16.3. The number of rotatable bonds is 9. The van der Waals surface area contributed by atoms with Gasteiger partial charge in [0.15, 0.2) is 0 Å². The number of aromatic nitrogens is 2. The van der Waals surface area contributed by atoms with Crippen molar-refractivity contribution in [2.75, 3.05) is 32.7 Å². The number of H-pyrrole nitrogens is 1. The molecule has 2 heterocycles. The second-order valence-electron chi connectivity index (χ2n) is 9.13. The number of aromatic amines is 1. The molecule has 2 unspecified atom stereocenters. The van der Waals surface area contributed by atoms with Gasteiger partial charge < -0.3 is 20.7 Å². The van der Waals surface area contributed by atoms with Gasteiger partial charge >= 0.3 is 0 Å². The van der Waals surface area contributed by atoms with E-state index in [2.05, 4.69) is 39.7 Å². The number of nitrogens with zero attached hydrogens (tertiary/aromatic N) is 4. The number of piperazine rings is 1. The van der Waals surface area contributed by atoms with Gasteiger partial charge in [-0.15, -0.1) is 0 Å². The smallest absolute Gasteiger partial charge is 0.246 e. The molecule has 2 atom stereocenters. The van der Waals surface area contributed by atoms with E-state index in [-0.39, 0.29) is 11.5 Å². The van der Waals surface area contributed by atoms with Gasteiger partial charge in [-0.1, -0.05) is 26.0 Å². The molecule has 1 amide bonds. The Labute approximate surface area is 183 Å². The quantitative estimate of drug-likeness (QED) is 0.560. The zero-order valence-corrected chi connectivity index (χ0v) is 18.3. The number of nitrogens with two attached hydrogens (primary N) is 1. The largest absolute Gasteiger partial charge is 0.383 e. The third-order valence-corrected chi connectivity index (χ3v) is 5.96. The molecular formula is C23H32N6O2. The number of aliphatic hydroxyl groups is 1. The predicted molar refractivity (Wildman–Crippen MR) is 118 cm³/mol. The van der Waals surface area contributed by atoms with Crippen molar-refractivity contribution in [3.63, 3.8) is 0 Å². The van der Waals surface area contributed by atoms with Crippen LogP contribution in [0.3, 0.4) is 0 Å². The number of carbonyl (C=O) groups is 1. The number of nitrogens with one attached hydrogen (secondary N) is 1. The van der Waals surface area contributed by atoms with Crippen molar-refractivity contribution in [2.45, 2.75) is 38.8 Å². The number of carbonyl (C=O) groups excluding carboxylic acids is 1. The van der Waals surface area contributed by atoms with E-state index in [1.165, 1.54) is 5.56 Å². The molecule has 0 aliphatic carbocycles. The molecule has 0 radical (unpaired) electrons. The van der Waals surface area contributed by atoms with Crippen LogP contribution in [0, 0.1) is 16.7 Å². The second-order valence-corrected chi connectivity index (χ2v) is 9.13. The van der Waals surface area contributed by atoms with Crippen LogP contribution in [-0.2, 0) is 11.2 Å². The fourth-order valence-electron chi connectivity index (χ4n) is 4.35. The number of primary amides is 1. The molecule has 1 aromatic heterocycles. The first-order valence-electron chi connectivity index (χ1n) is 10.7. The standard InChI is InChI=1S/C23H32N6O2/c1-23(2,12-21(30)22(25)31)15-28-7-9-29(10-8-28)20(19-14-26-16-27-19)11-17-3-5-18(13-24)6-4-17/h3-6,14,16,20-21,30H,7-12,15H2,1-2H3,(H2,25,31)(H,26,27). The lowest BCUT2D eigenvalue weighted by Crippen LogP contribution is -2.50. The molecule has 3 rings (SSSR count). The van der Waals surface area contributed by atoms with Gasteiger partial charge in [-0.2, -0.15) is 5.26 Å². The third-order valence-electron chi connectivity index (χ3n) is 5.96. The van der Waals surface area contributed by atoms with Crippen molar-refractivity contribution >= 4 is 5.91 Å². The van der Waals surface area contributed by atoms with E-state index in [1.54, 1.807) is 6.33 Å². The van der Waals surface area contributed by atoms with Crippen LogP contribution in [0.1, 0.15) is 43.1 Å². The number of imidazole rings is 1. The summed E-state index contributed by atoms with van der Waals surface area (Å²) in [6, 6.07) is 10.1. The highest BCUT2D eigenvalue weighted by Crippen LogP contribution is 2.28. The van der Waals surface area contributed by atoms with E-state index in [1.807, 2.05) is 30.5 Å². The zero-order chi connectivity index (χ0) is 22.4. The van der Waals surface area contributed by atoms with Crippen LogP contribution in [-0.4, -0.2) is 69.6 Å². The molecule has 0 spiro atoms. The molecule has 0 bridgehead atoms. The summed E-state index contributed by atoms with van der Waals surface area (Å²) in [5.41, 5.74) is 7.95. The van der Waals surface area contributed by atoms with Gasteiger partial charge in [0.25, 0.3) is 0 Å². The third kappa shape index (κ3) is 6.37. The Bertz CT molecular complexity index is 880. The summed E-state index contributed by atoms with van der Waals surface area (Å²) in [4.78, 5) is 23.5. The molecule has 166 valence electrons. The molecule has 2 aromatic rings. The van der Waals surface area contributed by atoms with Crippen molar-refractivity contribution in [3.8, 4) is 6.07 Å². The van der Waals surface area contributed by atoms with Crippen LogP contribution in [0.2, 0.25) is 0 Å². The Kier molecular flexibility index (Phi) is 7.44. The lowest BCUT2D eigenvalue weighted by molar-refractivity contribution is -0.127. The minimum atomic E-state index is -1.10. The van der Waals surface area contributed by atoms with Crippen LogP contribution in [0.25, 0.3) is 0 Å². The fourth-order valence-corrected chi connectivity index (χ4v) is 4.35. The van der Waals surface area contributed by atoms with Crippen molar-refractivity contribution in [2.24, 2.45) is 11.1 Å². The van der Waals surface area contributed by atoms with Crippen LogP contribution in [0.4, 0.5) is 0 Å². The lowest BCUT2D eigenvalue weighted by Gasteiger charge is -2.42. The number of benzene rings is 1. The number of hydrogen-bond acceptors (Lipinski definition) is 6. The molecule has 1 fully saturated rings. The minimum Gasteiger partial charge on any atom is -0.383 e. The van der Waals surface area contributed by atoms with E-state index >= 15 is 0 Å². The maximum atomic E-state index is 11.2. The van der Waals surface area contributed by atoms with Gasteiger partial charge in [-0.3, -0.25) is 9.69 Å². The number of amides is 1. The van der Waals surface area contributed by atoms with Crippen molar-refractivity contribution in [1.29, 1.82) is 5.26 Å². The van der Waals surface area contributed by atoms with E-state index < -0.39 is 12.0 Å². The van der Waals surface area contributed by atoms with E-state index in [9.17, 15) is 9.90 Å².